The molecule has 3 rings (SSSR count). The molecule has 1 N–H and O–H groups in total. The number of benzene rings is 2. The molecule has 0 aromatic heterocycles. The number of rotatable bonds is 4. The molecule has 24 heavy (non-hydrogen) atoms. The van der Waals surface area contributed by atoms with E-state index in [1.807, 2.05) is 49.4 Å². The van der Waals surface area contributed by atoms with Gasteiger partial charge in [-0.25, -0.2) is 4.99 Å². The van der Waals surface area contributed by atoms with Crippen molar-refractivity contribution in [2.45, 2.75) is 18.7 Å². The number of aliphatic imine (C=N–C) groups is 1. The summed E-state index contributed by atoms with van der Waals surface area (Å²) in [6.07, 6.45) is 0. The van der Waals surface area contributed by atoms with Crippen LogP contribution in [0.3, 0.4) is 0 Å². The smallest absolute Gasteiger partial charge is 0.230 e. The number of amides is 1. The van der Waals surface area contributed by atoms with Crippen molar-refractivity contribution in [2.75, 3.05) is 5.75 Å². The van der Waals surface area contributed by atoms with E-state index in [-0.39, 0.29) is 11.9 Å². The Balaban J connectivity index is 1.53. The maximum atomic E-state index is 12.2. The van der Waals surface area contributed by atoms with Crippen molar-refractivity contribution in [3.05, 3.63) is 64.7 Å². The van der Waals surface area contributed by atoms with Crippen LogP contribution >= 0.6 is 35.1 Å². The quantitative estimate of drug-likeness (QED) is 0.798. The topological polar surface area (TPSA) is 41.5 Å². The van der Waals surface area contributed by atoms with E-state index in [2.05, 4.69) is 16.4 Å². The zero-order chi connectivity index (χ0) is 16.9. The van der Waals surface area contributed by atoms with E-state index in [1.165, 1.54) is 17.3 Å². The third kappa shape index (κ3) is 4.56. The highest BCUT2D eigenvalue weighted by Gasteiger charge is 2.15. The van der Waals surface area contributed by atoms with E-state index in [0.29, 0.717) is 10.8 Å². The monoisotopic (exact) mass is 376 g/mol. The van der Waals surface area contributed by atoms with Gasteiger partial charge in [0.2, 0.25) is 5.91 Å². The highest BCUT2D eigenvalue weighted by atomic mass is 35.5. The number of hydrogen-bond donors (Lipinski definition) is 1. The van der Waals surface area contributed by atoms with Crippen LogP contribution in [-0.4, -0.2) is 16.0 Å². The first-order valence-corrected chi connectivity index (χ1v) is 9.94. The molecule has 0 saturated carbocycles. The maximum absolute atomic E-state index is 12.2. The Morgan fingerprint density at radius 3 is 2.83 bits per heavy atom. The van der Waals surface area contributed by atoms with Gasteiger partial charge in [0.05, 0.1) is 17.5 Å². The number of nitrogens with zero attached hydrogens (tertiary/aromatic N) is 1. The van der Waals surface area contributed by atoms with Crippen LogP contribution in [0.25, 0.3) is 0 Å². The van der Waals surface area contributed by atoms with E-state index in [1.54, 1.807) is 11.8 Å². The summed E-state index contributed by atoms with van der Waals surface area (Å²) in [5, 5.41) is 3.70. The van der Waals surface area contributed by atoms with Crippen LogP contribution in [0.2, 0.25) is 5.02 Å². The molecule has 1 heterocycles. The highest BCUT2D eigenvalue weighted by Crippen LogP contribution is 2.34. The van der Waals surface area contributed by atoms with Gasteiger partial charge in [0, 0.05) is 10.8 Å². The molecule has 1 atom stereocenters. The zero-order valence-corrected chi connectivity index (χ0v) is 15.5. The first kappa shape index (κ1) is 17.4. The van der Waals surface area contributed by atoms with Gasteiger partial charge in [0.15, 0.2) is 0 Å². The summed E-state index contributed by atoms with van der Waals surface area (Å²) in [7, 11) is 0. The van der Waals surface area contributed by atoms with Gasteiger partial charge in [0.1, 0.15) is 4.38 Å². The molecule has 6 heteroatoms. The van der Waals surface area contributed by atoms with Gasteiger partial charge in [-0.05, 0) is 36.2 Å². The minimum atomic E-state index is -0.0444. The van der Waals surface area contributed by atoms with E-state index < -0.39 is 0 Å². The molecule has 3 nitrogen and oxygen atoms in total. The minimum Gasteiger partial charge on any atom is -0.349 e. The second-order valence-electron chi connectivity index (χ2n) is 5.42. The summed E-state index contributed by atoms with van der Waals surface area (Å²) in [5.41, 5.74) is 3.29. The maximum Gasteiger partial charge on any atom is 0.230 e. The standard InChI is InChI=1S/C18H17ClN2OS2/c1-12(13-6-8-15(19)9-7-13)20-17(22)11-24-18-21-16-5-3-2-4-14(16)10-23-18/h2-9,12H,10-11H2,1H3,(H,20,22). The van der Waals surface area contributed by atoms with Crippen LogP contribution < -0.4 is 5.32 Å². The van der Waals surface area contributed by atoms with E-state index in [0.717, 1.165) is 21.4 Å². The van der Waals surface area contributed by atoms with Crippen LogP contribution in [0.4, 0.5) is 5.69 Å². The highest BCUT2D eigenvalue weighted by molar-refractivity contribution is 8.38. The van der Waals surface area contributed by atoms with Crippen molar-refractivity contribution in [3.8, 4) is 0 Å². The largest absolute Gasteiger partial charge is 0.349 e. The first-order chi connectivity index (χ1) is 11.6. The molecule has 0 radical (unpaired) electrons. The molecule has 1 aliphatic rings. The second kappa shape index (κ2) is 8.10. The summed E-state index contributed by atoms with van der Waals surface area (Å²) in [5.74, 6) is 1.28. The molecule has 1 aliphatic heterocycles. The number of fused-ring (bicyclic) bond motifs is 1. The Morgan fingerprint density at radius 2 is 2.04 bits per heavy atom. The number of halogens is 1. The number of carbonyl (C=O) groups excluding carboxylic acids is 1. The summed E-state index contributed by atoms with van der Waals surface area (Å²) < 4.78 is 0.947. The van der Waals surface area contributed by atoms with Crippen molar-refractivity contribution in [1.29, 1.82) is 0 Å². The minimum absolute atomic E-state index is 0.00427. The molecule has 2 aromatic rings. The summed E-state index contributed by atoms with van der Waals surface area (Å²) >= 11 is 9.06. The van der Waals surface area contributed by atoms with Gasteiger partial charge < -0.3 is 5.32 Å². The van der Waals surface area contributed by atoms with Gasteiger partial charge >= 0.3 is 0 Å². The predicted molar refractivity (Wildman–Crippen MR) is 105 cm³/mol. The van der Waals surface area contributed by atoms with Gasteiger partial charge in [0.25, 0.3) is 0 Å². The summed E-state index contributed by atoms with van der Waals surface area (Å²) in [6, 6.07) is 15.6. The molecule has 0 saturated heterocycles. The van der Waals surface area contributed by atoms with Crippen molar-refractivity contribution in [2.24, 2.45) is 4.99 Å². The Bertz CT molecular complexity index is 762. The van der Waals surface area contributed by atoms with Gasteiger partial charge in [-0.15, -0.1) is 0 Å². The molecule has 1 unspecified atom stereocenters. The second-order valence-corrected chi connectivity index (χ2v) is 8.05. The number of para-hydroxylation sites is 1. The Labute approximate surface area is 155 Å². The van der Waals surface area contributed by atoms with E-state index >= 15 is 0 Å². The van der Waals surface area contributed by atoms with Crippen LogP contribution in [0, 0.1) is 0 Å². The molecular formula is C18H17ClN2OS2. The molecule has 124 valence electrons. The molecule has 0 fully saturated rings. The molecule has 0 bridgehead atoms. The average Bonchev–Trinajstić information content (AvgIpc) is 2.60. The fourth-order valence-electron chi connectivity index (χ4n) is 2.33. The molecule has 0 spiro atoms. The fraction of sp³-hybridized carbons (Fsp3) is 0.222. The van der Waals surface area contributed by atoms with E-state index in [4.69, 9.17) is 11.6 Å². The lowest BCUT2D eigenvalue weighted by Gasteiger charge is -2.16. The van der Waals surface area contributed by atoms with Crippen LogP contribution in [0.1, 0.15) is 24.1 Å². The van der Waals surface area contributed by atoms with Crippen molar-refractivity contribution in [1.82, 2.24) is 5.32 Å². The van der Waals surface area contributed by atoms with Gasteiger partial charge in [-0.3, -0.25) is 4.79 Å². The number of nitrogens with one attached hydrogen (secondary N) is 1. The third-order valence-corrected chi connectivity index (χ3v) is 6.13. The van der Waals surface area contributed by atoms with Crippen molar-refractivity contribution in [3.63, 3.8) is 0 Å². The van der Waals surface area contributed by atoms with Crippen molar-refractivity contribution >= 4 is 51.1 Å². The zero-order valence-electron chi connectivity index (χ0n) is 13.2. The first-order valence-electron chi connectivity index (χ1n) is 7.59. The van der Waals surface area contributed by atoms with Crippen LogP contribution in [-0.2, 0) is 10.5 Å². The molecule has 0 aliphatic carbocycles. The lowest BCUT2D eigenvalue weighted by molar-refractivity contribution is -0.119. The van der Waals surface area contributed by atoms with Gasteiger partial charge in [-0.2, -0.15) is 0 Å². The number of hydrogen-bond acceptors (Lipinski definition) is 4. The Hall–Kier alpha value is -1.43. The lowest BCUT2D eigenvalue weighted by atomic mass is 10.1. The van der Waals surface area contributed by atoms with Crippen LogP contribution in [0.5, 0.6) is 0 Å². The molecular weight excluding hydrogens is 360 g/mol. The fourth-order valence-corrected chi connectivity index (χ4v) is 4.33. The van der Waals surface area contributed by atoms with E-state index in [9.17, 15) is 4.79 Å². The number of carbonyl (C=O) groups is 1. The van der Waals surface area contributed by atoms with Crippen molar-refractivity contribution < 1.29 is 4.79 Å². The third-order valence-electron chi connectivity index (χ3n) is 3.63. The SMILES string of the molecule is CC(NC(=O)CSC1=Nc2ccccc2CS1)c1ccc(Cl)cc1. The predicted octanol–water partition coefficient (Wildman–Crippen LogP) is 5.18. The molecule has 2 aromatic carbocycles. The average molecular weight is 377 g/mol. The number of thioether (sulfide) groups is 2. The normalized spacial score (nSPS) is 14.5. The van der Waals surface area contributed by atoms with Crippen LogP contribution in [0.15, 0.2) is 53.5 Å². The molecule has 1 amide bonds. The Kier molecular flexibility index (Phi) is 5.87. The summed E-state index contributed by atoms with van der Waals surface area (Å²) in [6.45, 7) is 1.97. The Morgan fingerprint density at radius 1 is 1.29 bits per heavy atom. The lowest BCUT2D eigenvalue weighted by Crippen LogP contribution is -2.28. The summed E-state index contributed by atoms with van der Waals surface area (Å²) in [4.78, 5) is 16.8. The van der Waals surface area contributed by atoms with Gasteiger partial charge in [-0.1, -0.05) is 65.5 Å².